The number of hydrogen-bond donors (Lipinski definition) is 2. The first-order valence-corrected chi connectivity index (χ1v) is 11.0. The number of sulfonamides is 1. The molecule has 0 bridgehead atoms. The molecule has 1 aliphatic carbocycles. The molecule has 0 spiro atoms. The van der Waals surface area contributed by atoms with E-state index in [9.17, 15) is 13.2 Å². The third-order valence-electron chi connectivity index (χ3n) is 4.87. The van der Waals surface area contributed by atoms with E-state index in [0.717, 1.165) is 12.0 Å². The first kappa shape index (κ1) is 19.5. The predicted octanol–water partition coefficient (Wildman–Crippen LogP) is 4.88. The number of nitrogens with one attached hydrogen (secondary N) is 2. The van der Waals surface area contributed by atoms with Crippen molar-refractivity contribution in [2.75, 3.05) is 10.0 Å². The summed E-state index contributed by atoms with van der Waals surface area (Å²) in [5.74, 6) is -0.124. The zero-order valence-corrected chi connectivity index (χ0v) is 17.0. The molecular weight excluding hydrogens is 408 g/mol. The van der Waals surface area contributed by atoms with E-state index in [1.54, 1.807) is 42.5 Å². The van der Waals surface area contributed by atoms with Gasteiger partial charge in [0.05, 0.1) is 10.6 Å². The third-order valence-corrected chi connectivity index (χ3v) is 6.61. The van der Waals surface area contributed by atoms with Crippen LogP contribution >= 0.6 is 11.6 Å². The zero-order valence-electron chi connectivity index (χ0n) is 15.4. The van der Waals surface area contributed by atoms with Gasteiger partial charge in [-0.1, -0.05) is 54.1 Å². The number of rotatable bonds is 6. The topological polar surface area (TPSA) is 75.3 Å². The molecule has 2 atom stereocenters. The Morgan fingerprint density at radius 2 is 1.59 bits per heavy atom. The highest BCUT2D eigenvalue weighted by atomic mass is 35.5. The van der Waals surface area contributed by atoms with Crippen LogP contribution in [0.25, 0.3) is 0 Å². The van der Waals surface area contributed by atoms with Gasteiger partial charge in [0, 0.05) is 16.6 Å². The van der Waals surface area contributed by atoms with Crippen molar-refractivity contribution >= 4 is 38.9 Å². The molecule has 29 heavy (non-hydrogen) atoms. The third kappa shape index (κ3) is 4.44. The van der Waals surface area contributed by atoms with Crippen molar-refractivity contribution in [3.63, 3.8) is 0 Å². The quantitative estimate of drug-likeness (QED) is 0.589. The summed E-state index contributed by atoms with van der Waals surface area (Å²) in [6.45, 7) is 0. The van der Waals surface area contributed by atoms with E-state index >= 15 is 0 Å². The summed E-state index contributed by atoms with van der Waals surface area (Å²) in [7, 11) is -3.69. The fraction of sp³-hybridized carbons (Fsp3) is 0.136. The molecule has 0 heterocycles. The largest absolute Gasteiger partial charge is 0.326 e. The van der Waals surface area contributed by atoms with Crippen LogP contribution in [0.1, 0.15) is 17.9 Å². The van der Waals surface area contributed by atoms with Gasteiger partial charge in [0.15, 0.2) is 0 Å². The molecule has 3 aromatic rings. The Labute approximate surface area is 174 Å². The van der Waals surface area contributed by atoms with Crippen molar-refractivity contribution in [2.24, 2.45) is 5.92 Å². The summed E-state index contributed by atoms with van der Waals surface area (Å²) in [6.07, 6.45) is 0.746. The zero-order chi connectivity index (χ0) is 20.4. The molecule has 0 aromatic heterocycles. The molecule has 0 radical (unpaired) electrons. The van der Waals surface area contributed by atoms with Gasteiger partial charge in [-0.2, -0.15) is 0 Å². The average Bonchev–Trinajstić information content (AvgIpc) is 3.50. The van der Waals surface area contributed by atoms with Gasteiger partial charge in [-0.3, -0.25) is 9.52 Å². The average molecular weight is 427 g/mol. The molecule has 2 unspecified atom stereocenters. The molecule has 148 valence electrons. The van der Waals surface area contributed by atoms with Crippen LogP contribution in [0.5, 0.6) is 0 Å². The van der Waals surface area contributed by atoms with Crippen molar-refractivity contribution in [2.45, 2.75) is 17.2 Å². The highest BCUT2D eigenvalue weighted by Gasteiger charge is 2.44. The summed E-state index contributed by atoms with van der Waals surface area (Å²) in [4.78, 5) is 12.8. The molecule has 1 aliphatic rings. The van der Waals surface area contributed by atoms with Crippen molar-refractivity contribution in [3.05, 3.63) is 89.4 Å². The second-order valence-corrected chi connectivity index (χ2v) is 9.05. The van der Waals surface area contributed by atoms with Crippen LogP contribution in [0.15, 0.2) is 83.8 Å². The fourth-order valence-electron chi connectivity index (χ4n) is 3.31. The number of benzene rings is 3. The molecule has 7 heteroatoms. The molecule has 5 nitrogen and oxygen atoms in total. The summed E-state index contributed by atoms with van der Waals surface area (Å²) < 4.78 is 27.5. The van der Waals surface area contributed by atoms with Crippen molar-refractivity contribution in [1.82, 2.24) is 0 Å². The van der Waals surface area contributed by atoms with Gasteiger partial charge in [0.25, 0.3) is 10.0 Å². The maximum Gasteiger partial charge on any atom is 0.261 e. The lowest BCUT2D eigenvalue weighted by Gasteiger charge is -2.10. The Bertz CT molecular complexity index is 1150. The van der Waals surface area contributed by atoms with E-state index in [4.69, 9.17) is 11.6 Å². The van der Waals surface area contributed by atoms with Gasteiger partial charge in [-0.15, -0.1) is 0 Å². The van der Waals surface area contributed by atoms with E-state index in [1.807, 2.05) is 24.3 Å². The van der Waals surface area contributed by atoms with Crippen LogP contribution in [0.3, 0.4) is 0 Å². The van der Waals surface area contributed by atoms with Crippen molar-refractivity contribution < 1.29 is 13.2 Å². The van der Waals surface area contributed by atoms with E-state index < -0.39 is 10.0 Å². The van der Waals surface area contributed by atoms with Crippen LogP contribution in [-0.2, 0) is 14.8 Å². The molecule has 0 aliphatic heterocycles. The van der Waals surface area contributed by atoms with Crippen molar-refractivity contribution in [3.8, 4) is 0 Å². The minimum absolute atomic E-state index is 0.0991. The van der Waals surface area contributed by atoms with Crippen LogP contribution in [0, 0.1) is 5.92 Å². The van der Waals surface area contributed by atoms with E-state index in [0.29, 0.717) is 16.4 Å². The second-order valence-electron chi connectivity index (χ2n) is 6.96. The molecular formula is C22H19ClN2O3S. The van der Waals surface area contributed by atoms with E-state index in [2.05, 4.69) is 10.0 Å². The Kier molecular flexibility index (Phi) is 5.30. The van der Waals surface area contributed by atoms with Gasteiger partial charge in [0.2, 0.25) is 5.91 Å². The monoisotopic (exact) mass is 426 g/mol. The molecule has 1 fully saturated rings. The van der Waals surface area contributed by atoms with Gasteiger partial charge >= 0.3 is 0 Å². The second kappa shape index (κ2) is 7.89. The van der Waals surface area contributed by atoms with Gasteiger partial charge < -0.3 is 5.32 Å². The highest BCUT2D eigenvalue weighted by molar-refractivity contribution is 7.92. The molecule has 2 N–H and O–H groups in total. The van der Waals surface area contributed by atoms with Crippen LogP contribution < -0.4 is 10.0 Å². The number of carbonyl (C=O) groups excluding carboxylic acids is 1. The minimum Gasteiger partial charge on any atom is -0.326 e. The van der Waals surface area contributed by atoms with E-state index in [-0.39, 0.29) is 22.6 Å². The lowest BCUT2D eigenvalue weighted by Crippen LogP contribution is -2.16. The molecule has 1 saturated carbocycles. The number of carbonyl (C=O) groups is 1. The summed E-state index contributed by atoms with van der Waals surface area (Å²) >= 11 is 6.23. The van der Waals surface area contributed by atoms with Crippen molar-refractivity contribution in [1.29, 1.82) is 0 Å². The molecule has 1 amide bonds. The number of hydrogen-bond acceptors (Lipinski definition) is 3. The Balaban J connectivity index is 1.43. The normalized spacial score (nSPS) is 18.1. The maximum atomic E-state index is 12.6. The first-order chi connectivity index (χ1) is 13.9. The lowest BCUT2D eigenvalue weighted by molar-refractivity contribution is -0.117. The van der Waals surface area contributed by atoms with Crippen LogP contribution in [-0.4, -0.2) is 14.3 Å². The summed E-state index contributed by atoms with van der Waals surface area (Å²) in [5.41, 5.74) is 1.90. The minimum atomic E-state index is -3.69. The SMILES string of the molecule is O=C(Nc1cccc(NS(=O)(=O)c2ccccc2)c1)C1CC1c1ccccc1Cl. The maximum absolute atomic E-state index is 12.6. The molecule has 0 saturated heterocycles. The van der Waals surface area contributed by atoms with Crippen LogP contribution in [0.2, 0.25) is 5.02 Å². The Hall–Kier alpha value is -2.83. The number of anilines is 2. The smallest absolute Gasteiger partial charge is 0.261 e. The highest BCUT2D eigenvalue weighted by Crippen LogP contribution is 2.50. The van der Waals surface area contributed by atoms with E-state index in [1.165, 1.54) is 12.1 Å². The van der Waals surface area contributed by atoms with Gasteiger partial charge in [0.1, 0.15) is 0 Å². The van der Waals surface area contributed by atoms with Gasteiger partial charge in [-0.25, -0.2) is 8.42 Å². The summed E-state index contributed by atoms with van der Waals surface area (Å²) in [5, 5.41) is 3.54. The predicted molar refractivity (Wildman–Crippen MR) is 115 cm³/mol. The Morgan fingerprint density at radius 3 is 2.34 bits per heavy atom. The lowest BCUT2D eigenvalue weighted by atomic mass is 10.1. The number of halogens is 1. The number of amides is 1. The fourth-order valence-corrected chi connectivity index (χ4v) is 4.66. The first-order valence-electron chi connectivity index (χ1n) is 9.17. The standard InChI is InChI=1S/C22H19ClN2O3S/c23-21-12-5-4-11-18(21)19-14-20(19)22(26)24-15-7-6-8-16(13-15)25-29(27,28)17-9-2-1-3-10-17/h1-13,19-20,25H,14H2,(H,24,26). The van der Waals surface area contributed by atoms with Crippen LogP contribution in [0.4, 0.5) is 11.4 Å². The summed E-state index contributed by atoms with van der Waals surface area (Å²) in [6, 6.07) is 22.3. The molecule has 3 aromatic carbocycles. The Morgan fingerprint density at radius 1 is 0.897 bits per heavy atom. The molecule has 4 rings (SSSR count). The van der Waals surface area contributed by atoms with Gasteiger partial charge in [-0.05, 0) is 54.3 Å².